The fourth-order valence-electron chi connectivity index (χ4n) is 2.48. The van der Waals surface area contributed by atoms with Gasteiger partial charge in [-0.25, -0.2) is 0 Å². The number of allylic oxidation sites excluding steroid dienone is 2. The zero-order valence-electron chi connectivity index (χ0n) is 15.1. The molecule has 0 aromatic rings. The average Bonchev–Trinajstić information content (AvgIpc) is 2.59. The second-order valence-electron chi connectivity index (χ2n) is 5.66. The molecule has 24 heavy (non-hydrogen) atoms. The van der Waals surface area contributed by atoms with Crippen LogP contribution in [-0.2, 0) is 9.59 Å². The second kappa shape index (κ2) is 23.5. The SMILES string of the molecule is CCCCCCCCCCCCN1C=CC=CC1.O=CO.O=CO. The Balaban J connectivity index is 0. The van der Waals surface area contributed by atoms with Crippen LogP contribution in [0, 0.1) is 0 Å². The fourth-order valence-corrected chi connectivity index (χ4v) is 2.48. The van der Waals surface area contributed by atoms with Gasteiger partial charge in [0, 0.05) is 13.1 Å². The van der Waals surface area contributed by atoms with Gasteiger partial charge in [0.2, 0.25) is 0 Å². The highest BCUT2D eigenvalue weighted by atomic mass is 16.3. The average molecular weight is 341 g/mol. The Hall–Kier alpha value is -1.78. The van der Waals surface area contributed by atoms with Gasteiger partial charge in [0.25, 0.3) is 12.9 Å². The maximum atomic E-state index is 8.36. The number of nitrogens with zero attached hydrogens (tertiary/aromatic N) is 1. The van der Waals surface area contributed by atoms with E-state index < -0.39 is 0 Å². The Morgan fingerprint density at radius 3 is 1.71 bits per heavy atom. The summed E-state index contributed by atoms with van der Waals surface area (Å²) in [6.07, 6.45) is 23.0. The predicted octanol–water partition coefficient (Wildman–Crippen LogP) is 4.69. The first-order valence-corrected chi connectivity index (χ1v) is 8.99. The van der Waals surface area contributed by atoms with Gasteiger partial charge in [-0.05, 0) is 18.7 Å². The van der Waals surface area contributed by atoms with Crippen molar-refractivity contribution in [2.75, 3.05) is 13.1 Å². The molecule has 0 unspecified atom stereocenters. The lowest BCUT2D eigenvalue weighted by Crippen LogP contribution is -2.19. The van der Waals surface area contributed by atoms with E-state index in [4.69, 9.17) is 19.8 Å². The van der Waals surface area contributed by atoms with Crippen molar-refractivity contribution in [2.24, 2.45) is 0 Å². The van der Waals surface area contributed by atoms with E-state index in [1.165, 1.54) is 70.8 Å². The molecule has 140 valence electrons. The van der Waals surface area contributed by atoms with Gasteiger partial charge in [-0.3, -0.25) is 9.59 Å². The van der Waals surface area contributed by atoms with E-state index in [9.17, 15) is 0 Å². The van der Waals surface area contributed by atoms with E-state index in [0.717, 1.165) is 6.54 Å². The van der Waals surface area contributed by atoms with Crippen molar-refractivity contribution in [3.05, 3.63) is 24.4 Å². The Morgan fingerprint density at radius 2 is 1.29 bits per heavy atom. The van der Waals surface area contributed by atoms with Crippen LogP contribution in [0.5, 0.6) is 0 Å². The van der Waals surface area contributed by atoms with Crippen molar-refractivity contribution in [1.82, 2.24) is 4.90 Å². The molecule has 0 aliphatic carbocycles. The highest BCUT2D eigenvalue weighted by Crippen LogP contribution is 2.11. The van der Waals surface area contributed by atoms with Gasteiger partial charge in [0.1, 0.15) is 0 Å². The van der Waals surface area contributed by atoms with E-state index in [0.29, 0.717) is 0 Å². The van der Waals surface area contributed by atoms with E-state index >= 15 is 0 Å². The normalized spacial score (nSPS) is 11.8. The smallest absolute Gasteiger partial charge is 0.290 e. The summed E-state index contributed by atoms with van der Waals surface area (Å²) in [4.78, 5) is 19.1. The lowest BCUT2D eigenvalue weighted by atomic mass is 10.1. The van der Waals surface area contributed by atoms with Crippen LogP contribution in [0.3, 0.4) is 0 Å². The molecule has 0 bridgehead atoms. The van der Waals surface area contributed by atoms with Crippen LogP contribution in [0.15, 0.2) is 24.4 Å². The minimum absolute atomic E-state index is 0.250. The topological polar surface area (TPSA) is 77.8 Å². The molecular formula is C19H35NO4. The fraction of sp³-hybridized carbons (Fsp3) is 0.684. The monoisotopic (exact) mass is 341 g/mol. The van der Waals surface area contributed by atoms with Crippen molar-refractivity contribution in [1.29, 1.82) is 0 Å². The van der Waals surface area contributed by atoms with Crippen LogP contribution in [-0.4, -0.2) is 41.1 Å². The summed E-state index contributed by atoms with van der Waals surface area (Å²) in [5, 5.41) is 13.8. The lowest BCUT2D eigenvalue weighted by molar-refractivity contribution is -0.123. The maximum absolute atomic E-state index is 8.36. The molecule has 0 saturated carbocycles. The summed E-state index contributed by atoms with van der Waals surface area (Å²) < 4.78 is 0. The molecular weight excluding hydrogens is 306 g/mol. The minimum Gasteiger partial charge on any atom is -0.483 e. The molecule has 2 N–H and O–H groups in total. The van der Waals surface area contributed by atoms with Crippen LogP contribution < -0.4 is 0 Å². The Morgan fingerprint density at radius 1 is 0.833 bits per heavy atom. The molecule has 1 rings (SSSR count). The van der Waals surface area contributed by atoms with Crippen molar-refractivity contribution < 1.29 is 19.8 Å². The van der Waals surface area contributed by atoms with Gasteiger partial charge in [-0.15, -0.1) is 0 Å². The molecule has 0 aromatic heterocycles. The third-order valence-corrected chi connectivity index (χ3v) is 3.68. The molecule has 1 heterocycles. The summed E-state index contributed by atoms with van der Waals surface area (Å²) in [6, 6.07) is 0. The highest BCUT2D eigenvalue weighted by molar-refractivity contribution is 5.33. The van der Waals surface area contributed by atoms with Gasteiger partial charge in [0.05, 0.1) is 0 Å². The largest absolute Gasteiger partial charge is 0.483 e. The maximum Gasteiger partial charge on any atom is 0.290 e. The van der Waals surface area contributed by atoms with Gasteiger partial charge in [0.15, 0.2) is 0 Å². The van der Waals surface area contributed by atoms with Crippen molar-refractivity contribution in [3.8, 4) is 0 Å². The summed E-state index contributed by atoms with van der Waals surface area (Å²) >= 11 is 0. The number of carbonyl (C=O) groups is 2. The molecule has 0 radical (unpaired) electrons. The van der Waals surface area contributed by atoms with Crippen LogP contribution in [0.2, 0.25) is 0 Å². The van der Waals surface area contributed by atoms with Crippen molar-refractivity contribution in [3.63, 3.8) is 0 Å². The molecule has 5 heteroatoms. The molecule has 1 aliphatic rings. The van der Waals surface area contributed by atoms with E-state index in [1.54, 1.807) is 0 Å². The van der Waals surface area contributed by atoms with Gasteiger partial charge in [-0.2, -0.15) is 0 Å². The predicted molar refractivity (Wildman–Crippen MR) is 99.1 cm³/mol. The lowest BCUT2D eigenvalue weighted by Gasteiger charge is -2.20. The van der Waals surface area contributed by atoms with Crippen LogP contribution in [0.25, 0.3) is 0 Å². The van der Waals surface area contributed by atoms with Gasteiger partial charge >= 0.3 is 0 Å². The number of unbranched alkanes of at least 4 members (excludes halogenated alkanes) is 9. The standard InChI is InChI=1S/C17H31N.2CH2O2/c1-2-3-4-5-6-7-8-9-10-12-15-18-16-13-11-14-17-18;2*2-1-3/h11,13-14,16H,2-10,12,15,17H2,1H3;2*1H,(H,2,3). The van der Waals surface area contributed by atoms with Gasteiger partial charge in [-0.1, -0.05) is 76.9 Å². The van der Waals surface area contributed by atoms with Gasteiger partial charge < -0.3 is 15.1 Å². The summed E-state index contributed by atoms with van der Waals surface area (Å²) in [6.45, 7) is 4.12. The number of rotatable bonds is 11. The van der Waals surface area contributed by atoms with E-state index in [-0.39, 0.29) is 12.9 Å². The minimum atomic E-state index is -0.250. The first-order valence-electron chi connectivity index (χ1n) is 8.99. The first kappa shape index (κ1) is 24.5. The summed E-state index contributed by atoms with van der Waals surface area (Å²) in [5.41, 5.74) is 0. The Kier molecular flexibility index (Phi) is 23.9. The molecule has 0 amide bonds. The Labute approximate surface area is 147 Å². The number of carboxylic acid groups (broad SMARTS) is 2. The zero-order chi connectivity index (χ0) is 18.3. The third kappa shape index (κ3) is 22.5. The quantitative estimate of drug-likeness (QED) is 0.421. The molecule has 0 spiro atoms. The molecule has 0 saturated heterocycles. The van der Waals surface area contributed by atoms with Crippen LogP contribution in [0.1, 0.15) is 71.1 Å². The molecule has 0 fully saturated rings. The molecule has 5 nitrogen and oxygen atoms in total. The third-order valence-electron chi connectivity index (χ3n) is 3.68. The van der Waals surface area contributed by atoms with Crippen molar-refractivity contribution >= 4 is 12.9 Å². The van der Waals surface area contributed by atoms with E-state index in [1.807, 2.05) is 0 Å². The second-order valence-corrected chi connectivity index (χ2v) is 5.66. The number of hydrogen-bond donors (Lipinski definition) is 2. The van der Waals surface area contributed by atoms with Crippen LogP contribution >= 0.6 is 0 Å². The van der Waals surface area contributed by atoms with Crippen LogP contribution in [0.4, 0.5) is 0 Å². The zero-order valence-corrected chi connectivity index (χ0v) is 15.1. The number of hydrogen-bond acceptors (Lipinski definition) is 3. The highest BCUT2D eigenvalue weighted by Gasteiger charge is 1.98. The summed E-state index contributed by atoms with van der Waals surface area (Å²) in [7, 11) is 0. The van der Waals surface area contributed by atoms with E-state index in [2.05, 4.69) is 36.3 Å². The molecule has 0 atom stereocenters. The molecule has 1 aliphatic heterocycles. The first-order chi connectivity index (χ1) is 11.8. The van der Waals surface area contributed by atoms with Crippen molar-refractivity contribution in [2.45, 2.75) is 71.1 Å². The summed E-state index contributed by atoms with van der Waals surface area (Å²) in [5.74, 6) is 0. The Bertz CT molecular complexity index is 310. The molecule has 0 aromatic carbocycles.